The molecule has 2 N–H and O–H groups in total. The first-order valence-corrected chi connectivity index (χ1v) is 8.11. The molecule has 124 valence electrons. The predicted octanol–water partition coefficient (Wildman–Crippen LogP) is 4.10. The second-order valence-corrected chi connectivity index (χ2v) is 6.39. The number of thiocarbonyl (C=S) groups is 1. The molecule has 1 amide bonds. The molecular weight excluding hydrogens is 394 g/mol. The number of rotatable bonds is 3. The number of carbonyl (C=O) groups is 1. The average molecular weight is 408 g/mol. The maximum Gasteiger partial charge on any atom is 0.269 e. The van der Waals surface area contributed by atoms with Gasteiger partial charge in [0, 0.05) is 27.9 Å². The molecule has 2 aromatic carbocycles. The van der Waals surface area contributed by atoms with Gasteiger partial charge in [-0.3, -0.25) is 20.2 Å². The van der Waals surface area contributed by atoms with Gasteiger partial charge in [-0.15, -0.1) is 0 Å². The van der Waals surface area contributed by atoms with Crippen LogP contribution in [0.2, 0.25) is 0 Å². The summed E-state index contributed by atoms with van der Waals surface area (Å²) in [5, 5.41) is 16.3. The van der Waals surface area contributed by atoms with Crippen LogP contribution < -0.4 is 10.6 Å². The number of anilines is 1. The predicted molar refractivity (Wildman–Crippen MR) is 100 cm³/mol. The smallest absolute Gasteiger partial charge is 0.269 e. The number of nitrogens with one attached hydrogen (secondary N) is 2. The molecule has 0 aliphatic carbocycles. The Morgan fingerprint density at radius 3 is 2.46 bits per heavy atom. The molecule has 0 aliphatic rings. The fourth-order valence-corrected chi connectivity index (χ4v) is 2.55. The van der Waals surface area contributed by atoms with E-state index in [0.29, 0.717) is 16.8 Å². The molecule has 2 aromatic rings. The summed E-state index contributed by atoms with van der Waals surface area (Å²) in [4.78, 5) is 22.5. The molecule has 0 radical (unpaired) electrons. The third kappa shape index (κ3) is 4.36. The zero-order chi connectivity index (χ0) is 17.9. The van der Waals surface area contributed by atoms with Crippen LogP contribution in [0.5, 0.6) is 0 Å². The molecule has 0 saturated carbocycles. The van der Waals surface area contributed by atoms with Gasteiger partial charge >= 0.3 is 0 Å². The summed E-state index contributed by atoms with van der Waals surface area (Å²) in [5.74, 6) is -0.340. The Morgan fingerprint density at radius 2 is 1.88 bits per heavy atom. The van der Waals surface area contributed by atoms with Crippen LogP contribution in [-0.4, -0.2) is 15.9 Å². The number of hydrogen-bond acceptors (Lipinski definition) is 4. The number of carbonyl (C=O) groups excluding carboxylic acids is 1. The first-order valence-electron chi connectivity index (χ1n) is 6.91. The maximum atomic E-state index is 12.2. The first-order chi connectivity index (χ1) is 11.3. The highest BCUT2D eigenvalue weighted by molar-refractivity contribution is 9.10. The number of nitro groups is 1. The van der Waals surface area contributed by atoms with E-state index in [-0.39, 0.29) is 16.7 Å². The molecule has 0 fully saturated rings. The molecule has 0 bridgehead atoms. The summed E-state index contributed by atoms with van der Waals surface area (Å²) in [6.45, 7) is 3.65. The van der Waals surface area contributed by atoms with Crippen molar-refractivity contribution in [3.05, 3.63) is 67.7 Å². The van der Waals surface area contributed by atoms with E-state index in [1.54, 1.807) is 25.1 Å². The van der Waals surface area contributed by atoms with Gasteiger partial charge in [-0.25, -0.2) is 0 Å². The lowest BCUT2D eigenvalue weighted by Gasteiger charge is -2.12. The summed E-state index contributed by atoms with van der Waals surface area (Å²) >= 11 is 8.51. The highest BCUT2D eigenvalue weighted by Crippen LogP contribution is 2.21. The zero-order valence-corrected chi connectivity index (χ0v) is 15.3. The van der Waals surface area contributed by atoms with Crippen molar-refractivity contribution in [3.8, 4) is 0 Å². The highest BCUT2D eigenvalue weighted by atomic mass is 79.9. The summed E-state index contributed by atoms with van der Waals surface area (Å²) in [6, 6.07) is 9.60. The third-order valence-electron chi connectivity index (χ3n) is 3.33. The fraction of sp³-hybridized carbons (Fsp3) is 0.125. The number of nitro benzene ring substituents is 1. The Morgan fingerprint density at radius 1 is 1.17 bits per heavy atom. The molecule has 0 heterocycles. The normalized spacial score (nSPS) is 10.1. The number of aryl methyl sites for hydroxylation is 2. The van der Waals surface area contributed by atoms with E-state index in [9.17, 15) is 14.9 Å². The summed E-state index contributed by atoms with van der Waals surface area (Å²) in [5.41, 5.74) is 2.73. The standard InChI is InChI=1S/C16H14BrN3O3S/c1-9-3-4-11(8-13(9)17)15(21)19-16(24)18-14-6-5-12(20(22)23)7-10(14)2/h3-8H,1-2H3,(H2,18,19,21,24). The molecule has 2 rings (SSSR count). The van der Waals surface area contributed by atoms with Crippen LogP contribution in [0.4, 0.5) is 11.4 Å². The van der Waals surface area contributed by atoms with Gasteiger partial charge in [-0.1, -0.05) is 22.0 Å². The molecule has 24 heavy (non-hydrogen) atoms. The van der Waals surface area contributed by atoms with Crippen molar-refractivity contribution in [1.29, 1.82) is 0 Å². The van der Waals surface area contributed by atoms with Crippen LogP contribution in [0.3, 0.4) is 0 Å². The van der Waals surface area contributed by atoms with Gasteiger partial charge in [0.15, 0.2) is 5.11 Å². The van der Waals surface area contributed by atoms with Gasteiger partial charge in [0.05, 0.1) is 4.92 Å². The lowest BCUT2D eigenvalue weighted by Crippen LogP contribution is -2.34. The van der Waals surface area contributed by atoms with Crippen molar-refractivity contribution in [2.45, 2.75) is 13.8 Å². The minimum atomic E-state index is -0.466. The van der Waals surface area contributed by atoms with E-state index in [2.05, 4.69) is 26.6 Å². The number of amides is 1. The SMILES string of the molecule is Cc1ccc(C(=O)NC(=S)Nc2ccc([N+](=O)[O-])cc2C)cc1Br. The Bertz CT molecular complexity index is 839. The van der Waals surface area contributed by atoms with Gasteiger partial charge in [0.1, 0.15) is 0 Å². The maximum absolute atomic E-state index is 12.2. The van der Waals surface area contributed by atoms with Crippen LogP contribution in [0.25, 0.3) is 0 Å². The Kier molecular flexibility index (Phi) is 5.63. The number of nitrogens with zero attached hydrogens (tertiary/aromatic N) is 1. The number of halogens is 1. The summed E-state index contributed by atoms with van der Waals surface area (Å²) in [6.07, 6.45) is 0. The largest absolute Gasteiger partial charge is 0.332 e. The average Bonchev–Trinajstić information content (AvgIpc) is 2.51. The molecule has 0 saturated heterocycles. The Balaban J connectivity index is 2.06. The third-order valence-corrected chi connectivity index (χ3v) is 4.39. The molecule has 0 aliphatic heterocycles. The second kappa shape index (κ2) is 7.50. The molecule has 0 atom stereocenters. The van der Waals surface area contributed by atoms with E-state index < -0.39 is 4.92 Å². The van der Waals surface area contributed by atoms with Crippen molar-refractivity contribution >= 4 is 50.5 Å². The number of non-ortho nitro benzene ring substituents is 1. The van der Waals surface area contributed by atoms with E-state index >= 15 is 0 Å². The monoisotopic (exact) mass is 407 g/mol. The minimum Gasteiger partial charge on any atom is -0.332 e. The van der Waals surface area contributed by atoms with E-state index in [1.165, 1.54) is 12.1 Å². The lowest BCUT2D eigenvalue weighted by molar-refractivity contribution is -0.384. The van der Waals surface area contributed by atoms with Crippen LogP contribution >= 0.6 is 28.1 Å². The van der Waals surface area contributed by atoms with Crippen molar-refractivity contribution in [1.82, 2.24) is 5.32 Å². The Labute approximate surface area is 152 Å². The molecule has 0 spiro atoms. The second-order valence-electron chi connectivity index (χ2n) is 5.13. The topological polar surface area (TPSA) is 84.3 Å². The number of hydrogen-bond donors (Lipinski definition) is 2. The van der Waals surface area contributed by atoms with Crippen molar-refractivity contribution in [2.75, 3.05) is 5.32 Å². The first kappa shape index (κ1) is 18.0. The van der Waals surface area contributed by atoms with Crippen molar-refractivity contribution < 1.29 is 9.72 Å². The van der Waals surface area contributed by atoms with Gasteiger partial charge in [-0.2, -0.15) is 0 Å². The van der Waals surface area contributed by atoms with Crippen LogP contribution in [0.15, 0.2) is 40.9 Å². The zero-order valence-electron chi connectivity index (χ0n) is 12.9. The quantitative estimate of drug-likeness (QED) is 0.454. The van der Waals surface area contributed by atoms with Gasteiger partial charge in [-0.05, 0) is 55.4 Å². The molecule has 0 aromatic heterocycles. The van der Waals surface area contributed by atoms with Crippen LogP contribution in [-0.2, 0) is 0 Å². The van der Waals surface area contributed by atoms with Gasteiger partial charge in [0.25, 0.3) is 11.6 Å². The van der Waals surface area contributed by atoms with E-state index in [1.807, 2.05) is 13.0 Å². The lowest BCUT2D eigenvalue weighted by atomic mass is 10.1. The summed E-state index contributed by atoms with van der Waals surface area (Å²) in [7, 11) is 0. The van der Waals surface area contributed by atoms with E-state index in [0.717, 1.165) is 10.0 Å². The summed E-state index contributed by atoms with van der Waals surface area (Å²) < 4.78 is 0.834. The molecule has 6 nitrogen and oxygen atoms in total. The number of benzene rings is 2. The Hall–Kier alpha value is -2.32. The minimum absolute atomic E-state index is 0.00231. The van der Waals surface area contributed by atoms with Crippen molar-refractivity contribution in [2.24, 2.45) is 0 Å². The highest BCUT2D eigenvalue weighted by Gasteiger charge is 2.12. The van der Waals surface area contributed by atoms with E-state index in [4.69, 9.17) is 12.2 Å². The molecule has 0 unspecified atom stereocenters. The van der Waals surface area contributed by atoms with Gasteiger partial charge in [0.2, 0.25) is 0 Å². The molecular formula is C16H14BrN3O3S. The van der Waals surface area contributed by atoms with Crippen LogP contribution in [0.1, 0.15) is 21.5 Å². The molecule has 8 heteroatoms. The van der Waals surface area contributed by atoms with Gasteiger partial charge < -0.3 is 5.32 Å². The fourth-order valence-electron chi connectivity index (χ4n) is 1.96. The van der Waals surface area contributed by atoms with Crippen molar-refractivity contribution in [3.63, 3.8) is 0 Å². The van der Waals surface area contributed by atoms with Crippen LogP contribution in [0, 0.1) is 24.0 Å².